The maximum atomic E-state index is 4.43. The van der Waals surface area contributed by atoms with Crippen molar-refractivity contribution in [3.8, 4) is 0 Å². The molecule has 0 spiro atoms. The van der Waals surface area contributed by atoms with Crippen molar-refractivity contribution in [2.75, 3.05) is 13.1 Å². The summed E-state index contributed by atoms with van der Waals surface area (Å²) in [5.74, 6) is 0.786. The average molecular weight is 223 g/mol. The van der Waals surface area contributed by atoms with E-state index in [0.717, 1.165) is 25.4 Å². The van der Waals surface area contributed by atoms with Gasteiger partial charge in [-0.05, 0) is 51.3 Å². The minimum absolute atomic E-state index is 0.786. The van der Waals surface area contributed by atoms with Crippen molar-refractivity contribution in [2.45, 2.75) is 40.5 Å². The molecule has 3 heteroatoms. The molecule has 0 amide bonds. The van der Waals surface area contributed by atoms with Crippen molar-refractivity contribution in [1.82, 2.24) is 15.1 Å². The van der Waals surface area contributed by atoms with Crippen LogP contribution in [-0.4, -0.2) is 22.9 Å². The van der Waals surface area contributed by atoms with E-state index in [1.807, 2.05) is 11.7 Å². The van der Waals surface area contributed by atoms with Crippen LogP contribution in [-0.2, 0) is 13.5 Å². The van der Waals surface area contributed by atoms with E-state index in [0.29, 0.717) is 0 Å². The van der Waals surface area contributed by atoms with Crippen molar-refractivity contribution < 1.29 is 0 Å². The topological polar surface area (TPSA) is 29.9 Å². The smallest absolute Gasteiger partial charge is 0.0628 e. The third-order valence-corrected chi connectivity index (χ3v) is 3.11. The van der Waals surface area contributed by atoms with E-state index in [2.05, 4.69) is 38.1 Å². The predicted octanol–water partition coefficient (Wildman–Crippen LogP) is 2.22. The van der Waals surface area contributed by atoms with Gasteiger partial charge in [0.05, 0.1) is 5.69 Å². The van der Waals surface area contributed by atoms with Gasteiger partial charge in [0.1, 0.15) is 0 Å². The molecule has 0 aliphatic rings. The molecule has 16 heavy (non-hydrogen) atoms. The highest BCUT2D eigenvalue weighted by Gasteiger charge is 2.08. The van der Waals surface area contributed by atoms with Crippen LogP contribution >= 0.6 is 0 Å². The first kappa shape index (κ1) is 13.2. The Labute approximate surface area is 99.2 Å². The van der Waals surface area contributed by atoms with Gasteiger partial charge in [-0.2, -0.15) is 5.10 Å². The molecule has 1 N–H and O–H groups in total. The summed E-state index contributed by atoms with van der Waals surface area (Å²) in [6, 6.07) is 0. The molecular formula is C13H25N3. The molecule has 3 nitrogen and oxygen atoms in total. The summed E-state index contributed by atoms with van der Waals surface area (Å²) in [5.41, 5.74) is 3.87. The second kappa shape index (κ2) is 6.04. The molecule has 92 valence electrons. The zero-order valence-corrected chi connectivity index (χ0v) is 11.3. The molecule has 1 heterocycles. The van der Waals surface area contributed by atoms with Crippen molar-refractivity contribution in [1.29, 1.82) is 0 Å². The third-order valence-electron chi connectivity index (χ3n) is 3.11. The number of aromatic nitrogens is 2. The van der Waals surface area contributed by atoms with E-state index in [9.17, 15) is 0 Å². The van der Waals surface area contributed by atoms with Crippen molar-refractivity contribution in [3.05, 3.63) is 17.0 Å². The Morgan fingerprint density at radius 1 is 1.25 bits per heavy atom. The van der Waals surface area contributed by atoms with Gasteiger partial charge in [-0.1, -0.05) is 13.8 Å². The molecule has 0 fully saturated rings. The first-order valence-corrected chi connectivity index (χ1v) is 6.22. The van der Waals surface area contributed by atoms with Crippen LogP contribution in [0.5, 0.6) is 0 Å². The van der Waals surface area contributed by atoms with Crippen molar-refractivity contribution in [3.63, 3.8) is 0 Å². The number of nitrogens with zero attached hydrogens (tertiary/aromatic N) is 2. The molecule has 0 atom stereocenters. The van der Waals surface area contributed by atoms with Gasteiger partial charge in [-0.25, -0.2) is 0 Å². The van der Waals surface area contributed by atoms with Gasteiger partial charge < -0.3 is 5.32 Å². The van der Waals surface area contributed by atoms with Gasteiger partial charge in [0.25, 0.3) is 0 Å². The van der Waals surface area contributed by atoms with Crippen molar-refractivity contribution >= 4 is 0 Å². The zero-order chi connectivity index (χ0) is 12.1. The first-order chi connectivity index (χ1) is 7.52. The molecule has 1 aromatic rings. The quantitative estimate of drug-likeness (QED) is 0.749. The van der Waals surface area contributed by atoms with Gasteiger partial charge in [0.2, 0.25) is 0 Å². The van der Waals surface area contributed by atoms with Crippen LogP contribution in [0, 0.1) is 19.8 Å². The fraction of sp³-hybridized carbons (Fsp3) is 0.769. The van der Waals surface area contributed by atoms with E-state index in [1.165, 1.54) is 23.4 Å². The van der Waals surface area contributed by atoms with E-state index < -0.39 is 0 Å². The maximum Gasteiger partial charge on any atom is 0.0628 e. The lowest BCUT2D eigenvalue weighted by Gasteiger charge is -2.07. The first-order valence-electron chi connectivity index (χ1n) is 6.22. The Hall–Kier alpha value is -0.830. The van der Waals surface area contributed by atoms with Crippen LogP contribution in [0.15, 0.2) is 0 Å². The number of rotatable bonds is 6. The molecule has 1 rings (SSSR count). The van der Waals surface area contributed by atoms with Crippen molar-refractivity contribution in [2.24, 2.45) is 13.0 Å². The normalized spacial score (nSPS) is 11.4. The van der Waals surface area contributed by atoms with Gasteiger partial charge >= 0.3 is 0 Å². The fourth-order valence-corrected chi connectivity index (χ4v) is 1.91. The number of hydrogen-bond acceptors (Lipinski definition) is 2. The highest BCUT2D eigenvalue weighted by Crippen LogP contribution is 2.11. The van der Waals surface area contributed by atoms with E-state index >= 15 is 0 Å². The summed E-state index contributed by atoms with van der Waals surface area (Å²) in [6.45, 7) is 10.9. The molecule has 0 radical (unpaired) electrons. The Kier molecular flexibility index (Phi) is 5.00. The minimum Gasteiger partial charge on any atom is -0.316 e. The lowest BCUT2D eigenvalue weighted by atomic mass is 10.1. The summed E-state index contributed by atoms with van der Waals surface area (Å²) in [6.07, 6.45) is 2.34. The summed E-state index contributed by atoms with van der Waals surface area (Å²) in [7, 11) is 2.01. The van der Waals surface area contributed by atoms with Crippen LogP contribution in [0.25, 0.3) is 0 Å². The molecular weight excluding hydrogens is 198 g/mol. The van der Waals surface area contributed by atoms with Gasteiger partial charge in [0, 0.05) is 12.7 Å². The molecule has 1 aromatic heterocycles. The Morgan fingerprint density at radius 3 is 2.44 bits per heavy atom. The van der Waals surface area contributed by atoms with Crippen LogP contribution in [0.1, 0.15) is 37.2 Å². The largest absolute Gasteiger partial charge is 0.316 e. The number of hydrogen-bond donors (Lipinski definition) is 1. The lowest BCUT2D eigenvalue weighted by Crippen LogP contribution is -2.20. The maximum absolute atomic E-state index is 4.43. The van der Waals surface area contributed by atoms with E-state index in [1.54, 1.807) is 0 Å². The summed E-state index contributed by atoms with van der Waals surface area (Å²) >= 11 is 0. The lowest BCUT2D eigenvalue weighted by molar-refractivity contribution is 0.539. The monoisotopic (exact) mass is 223 g/mol. The Morgan fingerprint density at radius 2 is 1.94 bits per heavy atom. The second-order valence-electron chi connectivity index (χ2n) is 4.96. The highest BCUT2D eigenvalue weighted by atomic mass is 15.3. The minimum atomic E-state index is 0.786. The van der Waals surface area contributed by atoms with E-state index in [-0.39, 0.29) is 0 Å². The van der Waals surface area contributed by atoms with Crippen LogP contribution in [0.3, 0.4) is 0 Å². The molecule has 0 unspecified atom stereocenters. The molecule has 0 saturated heterocycles. The summed E-state index contributed by atoms with van der Waals surface area (Å²) in [5, 5.41) is 7.92. The molecule has 0 bridgehead atoms. The number of aryl methyl sites for hydroxylation is 2. The second-order valence-corrected chi connectivity index (χ2v) is 4.96. The van der Waals surface area contributed by atoms with E-state index in [4.69, 9.17) is 0 Å². The van der Waals surface area contributed by atoms with Gasteiger partial charge in [0.15, 0.2) is 0 Å². The number of nitrogens with one attached hydrogen (secondary N) is 1. The molecule has 0 aliphatic heterocycles. The SMILES string of the molecule is Cc1nn(C)c(C)c1CCNCCC(C)C. The molecule has 0 aromatic carbocycles. The third kappa shape index (κ3) is 3.63. The van der Waals surface area contributed by atoms with Crippen LogP contribution < -0.4 is 5.32 Å². The summed E-state index contributed by atoms with van der Waals surface area (Å²) in [4.78, 5) is 0. The van der Waals surface area contributed by atoms with Gasteiger partial charge in [-0.15, -0.1) is 0 Å². The Bertz CT molecular complexity index is 326. The standard InChI is InChI=1S/C13H25N3/c1-10(2)6-8-14-9-7-13-11(3)15-16(5)12(13)4/h10,14H,6-9H2,1-5H3. The summed E-state index contributed by atoms with van der Waals surface area (Å²) < 4.78 is 1.97. The molecule has 0 aliphatic carbocycles. The predicted molar refractivity (Wildman–Crippen MR) is 68.7 cm³/mol. The van der Waals surface area contributed by atoms with Gasteiger partial charge in [-0.3, -0.25) is 4.68 Å². The Balaban J connectivity index is 2.32. The molecule has 0 saturated carbocycles. The van der Waals surface area contributed by atoms with Crippen LogP contribution in [0.4, 0.5) is 0 Å². The highest BCUT2D eigenvalue weighted by molar-refractivity contribution is 5.24. The van der Waals surface area contributed by atoms with Crippen LogP contribution in [0.2, 0.25) is 0 Å². The average Bonchev–Trinajstić information content (AvgIpc) is 2.43. The fourth-order valence-electron chi connectivity index (χ4n) is 1.91. The zero-order valence-electron chi connectivity index (χ0n) is 11.3.